The summed E-state index contributed by atoms with van der Waals surface area (Å²) >= 11 is 0. The average Bonchev–Trinajstić information content (AvgIpc) is 2.34. The second-order valence-electron chi connectivity index (χ2n) is 6.60. The lowest BCUT2D eigenvalue weighted by Crippen LogP contribution is -2.34. The van der Waals surface area contributed by atoms with Crippen molar-refractivity contribution in [3.63, 3.8) is 0 Å². The number of nitrogens with zero attached hydrogens (tertiary/aromatic N) is 1. The number of ether oxygens (including phenoxy) is 1. The first-order valence-electron chi connectivity index (χ1n) is 8.08. The molecule has 0 aliphatic rings. The molecule has 0 aliphatic heterocycles. The fourth-order valence-corrected chi connectivity index (χ4v) is 3.14. The van der Waals surface area contributed by atoms with Gasteiger partial charge in [-0.2, -0.15) is 0 Å². The molecule has 0 fully saturated rings. The van der Waals surface area contributed by atoms with E-state index in [0.29, 0.717) is 18.1 Å². The van der Waals surface area contributed by atoms with Crippen molar-refractivity contribution in [2.75, 3.05) is 33.4 Å². The smallest absolute Gasteiger partial charge is 0.130 e. The molecule has 0 saturated carbocycles. The molecule has 0 bridgehead atoms. The number of Topliss-reactive ketones (excluding diaryl/α,β-unsaturated/α-hetero) is 1. The van der Waals surface area contributed by atoms with Gasteiger partial charge in [-0.15, -0.1) is 0 Å². The van der Waals surface area contributed by atoms with Crippen LogP contribution >= 0.6 is 0 Å². The van der Waals surface area contributed by atoms with Crippen LogP contribution in [0.2, 0.25) is 0 Å². The summed E-state index contributed by atoms with van der Waals surface area (Å²) in [6.45, 7) is 14.7. The van der Waals surface area contributed by atoms with E-state index in [4.69, 9.17) is 4.74 Å². The third kappa shape index (κ3) is 8.01. The summed E-state index contributed by atoms with van der Waals surface area (Å²) < 4.78 is 5.19. The zero-order chi connectivity index (χ0) is 15.6. The Hall–Kier alpha value is -0.410. The van der Waals surface area contributed by atoms with Crippen LogP contribution < -0.4 is 0 Å². The molecule has 0 saturated heterocycles. The van der Waals surface area contributed by atoms with E-state index in [1.165, 1.54) is 12.8 Å². The molecule has 0 heterocycles. The van der Waals surface area contributed by atoms with E-state index in [0.717, 1.165) is 32.7 Å². The molecule has 0 aromatic heterocycles. The van der Waals surface area contributed by atoms with Gasteiger partial charge < -0.3 is 14.4 Å². The minimum atomic E-state index is 0.111. The topological polar surface area (TPSA) is 29.5 Å². The van der Waals surface area contributed by atoms with Crippen molar-refractivity contribution in [2.45, 2.75) is 60.3 Å². The Bertz CT molecular complexity index is 264. The van der Waals surface area contributed by atoms with Gasteiger partial charge in [0.15, 0.2) is 0 Å². The van der Waals surface area contributed by atoms with Crippen LogP contribution in [-0.2, 0) is 9.53 Å². The van der Waals surface area contributed by atoms with Gasteiger partial charge in [-0.25, -0.2) is 0 Å². The summed E-state index contributed by atoms with van der Waals surface area (Å²) in [5.41, 5.74) is 0.111. The maximum Gasteiger partial charge on any atom is 0.130 e. The van der Waals surface area contributed by atoms with Crippen molar-refractivity contribution < 1.29 is 9.53 Å². The zero-order valence-electron chi connectivity index (χ0n) is 14.5. The predicted octanol–water partition coefficient (Wildman–Crippen LogP) is 3.77. The van der Waals surface area contributed by atoms with Crippen LogP contribution in [0.4, 0.5) is 0 Å². The molecule has 1 atom stereocenters. The lowest BCUT2D eigenvalue weighted by molar-refractivity contribution is -0.119. The van der Waals surface area contributed by atoms with E-state index in [1.807, 2.05) is 0 Å². The second-order valence-corrected chi connectivity index (χ2v) is 6.60. The van der Waals surface area contributed by atoms with Gasteiger partial charge in [0.2, 0.25) is 0 Å². The van der Waals surface area contributed by atoms with Crippen LogP contribution in [0.5, 0.6) is 0 Å². The van der Waals surface area contributed by atoms with Gasteiger partial charge in [0, 0.05) is 20.1 Å². The van der Waals surface area contributed by atoms with E-state index in [1.54, 1.807) is 14.0 Å². The highest BCUT2D eigenvalue weighted by atomic mass is 16.5. The molecule has 0 aliphatic carbocycles. The van der Waals surface area contributed by atoms with Crippen molar-refractivity contribution >= 4 is 5.78 Å². The largest absolute Gasteiger partial charge is 0.383 e. The summed E-state index contributed by atoms with van der Waals surface area (Å²) in [5, 5.41) is 0. The van der Waals surface area contributed by atoms with Gasteiger partial charge in [0.05, 0.1) is 6.61 Å². The maximum atomic E-state index is 11.4. The van der Waals surface area contributed by atoms with E-state index in [-0.39, 0.29) is 5.41 Å². The minimum absolute atomic E-state index is 0.111. The van der Waals surface area contributed by atoms with Crippen LogP contribution in [0.25, 0.3) is 0 Å². The van der Waals surface area contributed by atoms with Crippen molar-refractivity contribution in [3.05, 3.63) is 0 Å². The average molecular weight is 285 g/mol. The second kappa shape index (κ2) is 10.3. The Morgan fingerprint density at radius 2 is 1.85 bits per heavy atom. The van der Waals surface area contributed by atoms with Gasteiger partial charge in [0.1, 0.15) is 5.78 Å². The first-order valence-corrected chi connectivity index (χ1v) is 8.08. The lowest BCUT2D eigenvalue weighted by Gasteiger charge is -2.35. The monoisotopic (exact) mass is 285 g/mol. The summed E-state index contributed by atoms with van der Waals surface area (Å²) in [5.74, 6) is 0.909. The summed E-state index contributed by atoms with van der Waals surface area (Å²) in [6, 6.07) is 0. The molecule has 0 N–H and O–H groups in total. The zero-order valence-corrected chi connectivity index (χ0v) is 14.5. The third-order valence-electron chi connectivity index (χ3n) is 4.25. The molecule has 120 valence electrons. The van der Waals surface area contributed by atoms with Crippen LogP contribution in [0.3, 0.4) is 0 Å². The summed E-state index contributed by atoms with van der Waals surface area (Å²) in [6.07, 6.45) is 4.18. The van der Waals surface area contributed by atoms with Crippen molar-refractivity contribution in [1.29, 1.82) is 0 Å². The normalized spacial score (nSPS) is 13.8. The van der Waals surface area contributed by atoms with Crippen molar-refractivity contribution in [3.8, 4) is 0 Å². The van der Waals surface area contributed by atoms with Gasteiger partial charge in [0.25, 0.3) is 0 Å². The molecule has 1 unspecified atom stereocenters. The molecule has 0 rings (SSSR count). The SMILES string of the molecule is CCCN(CCOC)CCC(CC)C(C)(C)CC(C)=O. The fraction of sp³-hybridized carbons (Fsp3) is 0.941. The van der Waals surface area contributed by atoms with E-state index >= 15 is 0 Å². The molecule has 20 heavy (non-hydrogen) atoms. The van der Waals surface area contributed by atoms with E-state index in [9.17, 15) is 4.79 Å². The van der Waals surface area contributed by atoms with Crippen LogP contribution in [0.1, 0.15) is 60.3 Å². The molecular formula is C17H35NO2. The molecular weight excluding hydrogens is 250 g/mol. The fourth-order valence-electron chi connectivity index (χ4n) is 3.14. The number of rotatable bonds is 12. The summed E-state index contributed by atoms with van der Waals surface area (Å²) in [4.78, 5) is 13.9. The van der Waals surface area contributed by atoms with E-state index in [2.05, 4.69) is 32.6 Å². The Morgan fingerprint density at radius 3 is 2.30 bits per heavy atom. The Labute approximate surface area is 126 Å². The Kier molecular flexibility index (Phi) is 10.1. The summed E-state index contributed by atoms with van der Waals surface area (Å²) in [7, 11) is 1.76. The van der Waals surface area contributed by atoms with Crippen LogP contribution in [0, 0.1) is 11.3 Å². The van der Waals surface area contributed by atoms with Crippen LogP contribution in [-0.4, -0.2) is 44.0 Å². The quantitative estimate of drug-likeness (QED) is 0.547. The number of hydrogen-bond acceptors (Lipinski definition) is 3. The first kappa shape index (κ1) is 19.6. The Morgan fingerprint density at radius 1 is 1.20 bits per heavy atom. The highest BCUT2D eigenvalue weighted by Gasteiger charge is 2.29. The number of carbonyl (C=O) groups is 1. The van der Waals surface area contributed by atoms with Gasteiger partial charge >= 0.3 is 0 Å². The molecule has 0 spiro atoms. The lowest BCUT2D eigenvalue weighted by atomic mass is 9.72. The standard InChI is InChI=1S/C17H35NO2/c1-7-10-18(12-13-20-6)11-9-16(8-2)17(4,5)14-15(3)19/h16H,7-14H2,1-6H3. The van der Waals surface area contributed by atoms with Gasteiger partial charge in [-0.3, -0.25) is 0 Å². The van der Waals surface area contributed by atoms with Crippen molar-refractivity contribution in [2.24, 2.45) is 11.3 Å². The van der Waals surface area contributed by atoms with E-state index < -0.39 is 0 Å². The van der Waals surface area contributed by atoms with Crippen molar-refractivity contribution in [1.82, 2.24) is 4.90 Å². The number of ketones is 1. The maximum absolute atomic E-state index is 11.4. The Balaban J connectivity index is 4.42. The number of methoxy groups -OCH3 is 1. The minimum Gasteiger partial charge on any atom is -0.383 e. The van der Waals surface area contributed by atoms with Gasteiger partial charge in [-0.1, -0.05) is 34.1 Å². The molecule has 0 amide bonds. The predicted molar refractivity (Wildman–Crippen MR) is 86.1 cm³/mol. The first-order chi connectivity index (χ1) is 9.37. The highest BCUT2D eigenvalue weighted by Crippen LogP contribution is 2.35. The highest BCUT2D eigenvalue weighted by molar-refractivity contribution is 5.76. The molecule has 0 radical (unpaired) electrons. The molecule has 3 nitrogen and oxygen atoms in total. The molecule has 3 heteroatoms. The number of hydrogen-bond donors (Lipinski definition) is 0. The van der Waals surface area contributed by atoms with Crippen LogP contribution in [0.15, 0.2) is 0 Å². The molecule has 0 aromatic carbocycles. The molecule has 0 aromatic rings. The third-order valence-corrected chi connectivity index (χ3v) is 4.25. The van der Waals surface area contributed by atoms with Gasteiger partial charge in [-0.05, 0) is 44.2 Å². The number of carbonyl (C=O) groups excluding carboxylic acids is 1.